The van der Waals surface area contributed by atoms with E-state index in [2.05, 4.69) is 39.0 Å². The van der Waals surface area contributed by atoms with Gasteiger partial charge in [0.25, 0.3) is 0 Å². The Hall–Kier alpha value is -1.05. The van der Waals surface area contributed by atoms with Crippen LogP contribution in [-0.4, -0.2) is 19.1 Å². The summed E-state index contributed by atoms with van der Waals surface area (Å²) >= 11 is 3.47. The maximum atomic E-state index is 8.96. The zero-order valence-electron chi connectivity index (χ0n) is 10.8. The first-order valence-corrected chi connectivity index (χ1v) is 7.67. The number of nitriles is 1. The predicted octanol–water partition coefficient (Wildman–Crippen LogP) is 2.88. The van der Waals surface area contributed by atoms with Gasteiger partial charge in [-0.25, -0.2) is 0 Å². The molecule has 1 aliphatic heterocycles. The highest BCUT2D eigenvalue weighted by Gasteiger charge is 2.36. The third-order valence-corrected chi connectivity index (χ3v) is 5.18. The van der Waals surface area contributed by atoms with Crippen molar-refractivity contribution in [3.05, 3.63) is 28.2 Å². The van der Waals surface area contributed by atoms with Gasteiger partial charge < -0.3 is 10.6 Å². The van der Waals surface area contributed by atoms with Gasteiger partial charge in [-0.1, -0.05) is 0 Å². The van der Waals surface area contributed by atoms with Crippen LogP contribution in [0.3, 0.4) is 0 Å². The van der Waals surface area contributed by atoms with Crippen LogP contribution >= 0.6 is 15.9 Å². The van der Waals surface area contributed by atoms with Gasteiger partial charge >= 0.3 is 0 Å². The number of nitrogens with two attached hydrogens (primary N) is 1. The zero-order chi connectivity index (χ0) is 13.4. The van der Waals surface area contributed by atoms with E-state index in [1.807, 2.05) is 6.07 Å². The number of rotatable bonds is 1. The fraction of sp³-hybridized carbons (Fsp3) is 0.533. The van der Waals surface area contributed by atoms with Crippen molar-refractivity contribution in [1.82, 2.24) is 0 Å². The number of halogens is 1. The molecule has 1 heterocycles. The third kappa shape index (κ3) is 2.50. The van der Waals surface area contributed by atoms with E-state index in [0.717, 1.165) is 29.4 Å². The highest BCUT2D eigenvalue weighted by Crippen LogP contribution is 2.38. The molecule has 1 saturated carbocycles. The van der Waals surface area contributed by atoms with Crippen LogP contribution in [0.2, 0.25) is 0 Å². The van der Waals surface area contributed by atoms with Crippen molar-refractivity contribution >= 4 is 21.6 Å². The van der Waals surface area contributed by atoms with E-state index >= 15 is 0 Å². The molecule has 1 saturated heterocycles. The van der Waals surface area contributed by atoms with E-state index in [0.29, 0.717) is 11.6 Å². The van der Waals surface area contributed by atoms with Crippen LogP contribution in [0, 0.1) is 23.2 Å². The maximum Gasteiger partial charge on any atom is 0.100 e. The molecular weight excluding hydrogens is 302 g/mol. The zero-order valence-corrected chi connectivity index (χ0v) is 12.4. The fourth-order valence-electron chi connectivity index (χ4n) is 3.47. The molecule has 4 heteroatoms. The number of hydrogen-bond acceptors (Lipinski definition) is 3. The third-order valence-electron chi connectivity index (χ3n) is 4.53. The highest BCUT2D eigenvalue weighted by molar-refractivity contribution is 9.10. The van der Waals surface area contributed by atoms with Gasteiger partial charge in [0.2, 0.25) is 0 Å². The van der Waals surface area contributed by atoms with Crippen LogP contribution in [0.5, 0.6) is 0 Å². The Morgan fingerprint density at radius 3 is 2.79 bits per heavy atom. The molecule has 100 valence electrons. The predicted molar refractivity (Wildman–Crippen MR) is 79.9 cm³/mol. The topological polar surface area (TPSA) is 53.0 Å². The summed E-state index contributed by atoms with van der Waals surface area (Å²) in [6.45, 7) is 2.24. The summed E-state index contributed by atoms with van der Waals surface area (Å²) in [5.74, 6) is 1.55. The van der Waals surface area contributed by atoms with Gasteiger partial charge in [0.1, 0.15) is 6.07 Å². The minimum atomic E-state index is 0.397. The van der Waals surface area contributed by atoms with Crippen LogP contribution in [-0.2, 0) is 0 Å². The lowest BCUT2D eigenvalue weighted by molar-refractivity contribution is 0.271. The summed E-state index contributed by atoms with van der Waals surface area (Å²) in [4.78, 5) is 2.44. The molecule has 0 amide bonds. The molecule has 1 aliphatic carbocycles. The monoisotopic (exact) mass is 319 g/mol. The summed E-state index contributed by atoms with van der Waals surface area (Å²) in [7, 11) is 0. The molecule has 0 bridgehead atoms. The van der Waals surface area contributed by atoms with E-state index < -0.39 is 0 Å². The molecule has 3 rings (SSSR count). The molecule has 2 N–H and O–H groups in total. The first-order chi connectivity index (χ1) is 9.17. The van der Waals surface area contributed by atoms with Gasteiger partial charge in [0, 0.05) is 29.3 Å². The molecule has 1 aromatic rings. The van der Waals surface area contributed by atoms with Crippen molar-refractivity contribution in [2.24, 2.45) is 17.6 Å². The van der Waals surface area contributed by atoms with E-state index in [4.69, 9.17) is 11.0 Å². The lowest BCUT2D eigenvalue weighted by Crippen LogP contribution is -2.32. The molecule has 2 fully saturated rings. The number of fused-ring (bicyclic) bond motifs is 1. The maximum absolute atomic E-state index is 8.96. The van der Waals surface area contributed by atoms with Crippen LogP contribution < -0.4 is 10.6 Å². The van der Waals surface area contributed by atoms with Crippen molar-refractivity contribution in [3.8, 4) is 6.07 Å². The molecule has 2 aliphatic rings. The van der Waals surface area contributed by atoms with Crippen LogP contribution in [0.1, 0.15) is 24.8 Å². The quantitative estimate of drug-likeness (QED) is 0.866. The summed E-state index contributed by atoms with van der Waals surface area (Å²) in [5.41, 5.74) is 7.99. The molecule has 3 nitrogen and oxygen atoms in total. The van der Waals surface area contributed by atoms with E-state index in [1.165, 1.54) is 24.9 Å². The standard InChI is InChI=1S/C15H18BrN3/c16-15-6-14(4-2-10(15)7-17)19-8-11-1-3-13(18)5-12(11)9-19/h2,4,6,11-13H,1,3,5,8-9,18H2/t11-,12+,13?/m1/s1. The summed E-state index contributed by atoms with van der Waals surface area (Å²) in [5, 5.41) is 8.96. The Morgan fingerprint density at radius 2 is 2.05 bits per heavy atom. The van der Waals surface area contributed by atoms with E-state index in [1.54, 1.807) is 0 Å². The largest absolute Gasteiger partial charge is 0.371 e. The van der Waals surface area contributed by atoms with Crippen molar-refractivity contribution < 1.29 is 0 Å². The summed E-state index contributed by atoms with van der Waals surface area (Å²) in [6.07, 6.45) is 3.60. The van der Waals surface area contributed by atoms with Gasteiger partial charge in [0.15, 0.2) is 0 Å². The van der Waals surface area contributed by atoms with Crippen LogP contribution in [0.15, 0.2) is 22.7 Å². The Balaban J connectivity index is 1.78. The second kappa shape index (κ2) is 5.15. The smallest absolute Gasteiger partial charge is 0.100 e. The SMILES string of the molecule is N#Cc1ccc(N2C[C@H]3CCC(N)C[C@H]3C2)cc1Br. The van der Waals surface area contributed by atoms with Crippen molar-refractivity contribution in [2.45, 2.75) is 25.3 Å². The van der Waals surface area contributed by atoms with Gasteiger partial charge in [-0.3, -0.25) is 0 Å². The lowest BCUT2D eigenvalue weighted by Gasteiger charge is -2.27. The van der Waals surface area contributed by atoms with Gasteiger partial charge in [-0.05, 0) is 65.2 Å². The molecule has 3 atom stereocenters. The average molecular weight is 320 g/mol. The van der Waals surface area contributed by atoms with Crippen molar-refractivity contribution in [3.63, 3.8) is 0 Å². The van der Waals surface area contributed by atoms with E-state index in [-0.39, 0.29) is 0 Å². The summed E-state index contributed by atoms with van der Waals surface area (Å²) in [6, 6.07) is 8.60. The number of benzene rings is 1. The number of nitrogens with zero attached hydrogens (tertiary/aromatic N) is 2. The Morgan fingerprint density at radius 1 is 1.26 bits per heavy atom. The average Bonchev–Trinajstić information content (AvgIpc) is 2.81. The van der Waals surface area contributed by atoms with Gasteiger partial charge in [-0.15, -0.1) is 0 Å². The first kappa shape index (κ1) is 13.0. The second-order valence-corrected chi connectivity index (χ2v) is 6.63. The Kier molecular flexibility index (Phi) is 3.51. The van der Waals surface area contributed by atoms with Crippen molar-refractivity contribution in [2.75, 3.05) is 18.0 Å². The molecule has 0 spiro atoms. The fourth-order valence-corrected chi connectivity index (χ4v) is 3.93. The second-order valence-electron chi connectivity index (χ2n) is 5.77. The normalized spacial score (nSPS) is 29.9. The van der Waals surface area contributed by atoms with Crippen molar-refractivity contribution in [1.29, 1.82) is 5.26 Å². The Bertz CT molecular complexity index is 523. The Labute approximate surface area is 122 Å². The lowest BCUT2D eigenvalue weighted by atomic mass is 9.79. The molecule has 0 aromatic heterocycles. The number of hydrogen-bond donors (Lipinski definition) is 1. The molecule has 1 aromatic carbocycles. The van der Waals surface area contributed by atoms with Gasteiger partial charge in [-0.2, -0.15) is 5.26 Å². The highest BCUT2D eigenvalue weighted by atomic mass is 79.9. The minimum Gasteiger partial charge on any atom is -0.371 e. The molecule has 0 radical (unpaired) electrons. The molecule has 1 unspecified atom stereocenters. The van der Waals surface area contributed by atoms with Crippen LogP contribution in [0.25, 0.3) is 0 Å². The van der Waals surface area contributed by atoms with Crippen LogP contribution in [0.4, 0.5) is 5.69 Å². The first-order valence-electron chi connectivity index (χ1n) is 6.87. The van der Waals surface area contributed by atoms with Gasteiger partial charge in [0.05, 0.1) is 5.56 Å². The van der Waals surface area contributed by atoms with E-state index in [9.17, 15) is 0 Å². The number of anilines is 1. The summed E-state index contributed by atoms with van der Waals surface area (Å²) < 4.78 is 0.888. The molecular formula is C15H18BrN3. The minimum absolute atomic E-state index is 0.397. The molecule has 19 heavy (non-hydrogen) atoms.